The van der Waals surface area contributed by atoms with Crippen LogP contribution in [0.3, 0.4) is 0 Å². The Labute approximate surface area is 175 Å². The van der Waals surface area contributed by atoms with Gasteiger partial charge < -0.3 is 14.6 Å². The van der Waals surface area contributed by atoms with Crippen molar-refractivity contribution in [1.29, 1.82) is 0 Å². The standard InChI is InChI=1S/C24H36O5/c1-6-28-23(27)18(2)17-29-21-16-19(14-15-20(21)24(3,4)5)12-10-8-7-9-11-13-22(25)26/h14-16H,2,6-13,17H2,1,3-5H3,(H,25,26). The number of carboxylic acid groups (broad SMARTS) is 1. The smallest absolute Gasteiger partial charge is 0.336 e. The van der Waals surface area contributed by atoms with Gasteiger partial charge in [-0.3, -0.25) is 4.79 Å². The average molecular weight is 405 g/mol. The monoisotopic (exact) mass is 404 g/mol. The number of unbranched alkanes of at least 4 members (excludes halogenated alkanes) is 4. The van der Waals surface area contributed by atoms with Crippen LogP contribution in [0.4, 0.5) is 0 Å². The Morgan fingerprint density at radius 1 is 1.07 bits per heavy atom. The van der Waals surface area contributed by atoms with Gasteiger partial charge in [-0.1, -0.05) is 58.7 Å². The quantitative estimate of drug-likeness (QED) is 0.269. The molecule has 0 spiro atoms. The van der Waals surface area contributed by atoms with Crippen LogP contribution in [-0.4, -0.2) is 30.3 Å². The van der Waals surface area contributed by atoms with Gasteiger partial charge in [-0.2, -0.15) is 0 Å². The summed E-state index contributed by atoms with van der Waals surface area (Å²) in [4.78, 5) is 22.3. The molecule has 0 aliphatic heterocycles. The van der Waals surface area contributed by atoms with Crippen molar-refractivity contribution < 1.29 is 24.2 Å². The maximum atomic E-state index is 11.8. The van der Waals surface area contributed by atoms with Crippen LogP contribution in [0.25, 0.3) is 0 Å². The molecule has 1 aromatic carbocycles. The van der Waals surface area contributed by atoms with Crippen molar-refractivity contribution in [1.82, 2.24) is 0 Å². The van der Waals surface area contributed by atoms with Crippen molar-refractivity contribution in [2.75, 3.05) is 13.2 Å². The van der Waals surface area contributed by atoms with E-state index in [4.69, 9.17) is 14.6 Å². The van der Waals surface area contributed by atoms with Gasteiger partial charge in [-0.05, 0) is 48.8 Å². The number of hydrogen-bond acceptors (Lipinski definition) is 4. The SMILES string of the molecule is C=C(COc1cc(CCCCCCCC(=O)O)ccc1C(C)(C)C)C(=O)OCC. The maximum absolute atomic E-state index is 11.8. The van der Waals surface area contributed by atoms with Gasteiger partial charge in [0, 0.05) is 6.42 Å². The topological polar surface area (TPSA) is 72.8 Å². The fraction of sp³-hybridized carbons (Fsp3) is 0.583. The minimum Gasteiger partial charge on any atom is -0.488 e. The average Bonchev–Trinajstić information content (AvgIpc) is 2.64. The third-order valence-electron chi connectivity index (χ3n) is 4.68. The predicted molar refractivity (Wildman–Crippen MR) is 115 cm³/mol. The predicted octanol–water partition coefficient (Wildman–Crippen LogP) is 5.45. The first-order chi connectivity index (χ1) is 13.6. The molecule has 1 N–H and O–H groups in total. The van der Waals surface area contributed by atoms with Crippen molar-refractivity contribution >= 4 is 11.9 Å². The Bertz CT molecular complexity index is 685. The molecule has 162 valence electrons. The zero-order valence-corrected chi connectivity index (χ0v) is 18.4. The molecular weight excluding hydrogens is 368 g/mol. The lowest BCUT2D eigenvalue weighted by atomic mass is 9.85. The number of hydrogen-bond donors (Lipinski definition) is 1. The fourth-order valence-electron chi connectivity index (χ4n) is 3.05. The molecule has 0 amide bonds. The number of rotatable bonds is 13. The molecule has 0 radical (unpaired) electrons. The lowest BCUT2D eigenvalue weighted by Crippen LogP contribution is -2.17. The van der Waals surface area contributed by atoms with Crippen LogP contribution in [0.1, 0.15) is 77.3 Å². The Morgan fingerprint density at radius 2 is 1.72 bits per heavy atom. The van der Waals surface area contributed by atoms with Gasteiger partial charge in [0.25, 0.3) is 0 Å². The second-order valence-electron chi connectivity index (χ2n) is 8.35. The van der Waals surface area contributed by atoms with Gasteiger partial charge in [-0.25, -0.2) is 4.79 Å². The Balaban J connectivity index is 2.65. The Kier molecular flexibility index (Phi) is 10.5. The zero-order chi connectivity index (χ0) is 21.9. The van der Waals surface area contributed by atoms with E-state index in [-0.39, 0.29) is 18.4 Å². The second-order valence-corrected chi connectivity index (χ2v) is 8.35. The van der Waals surface area contributed by atoms with Gasteiger partial charge in [-0.15, -0.1) is 0 Å². The molecule has 0 aromatic heterocycles. The number of carboxylic acids is 1. The van der Waals surface area contributed by atoms with Crippen LogP contribution >= 0.6 is 0 Å². The van der Waals surface area contributed by atoms with E-state index in [1.807, 2.05) is 0 Å². The summed E-state index contributed by atoms with van der Waals surface area (Å²) in [6.45, 7) is 12.3. The van der Waals surface area contributed by atoms with Crippen LogP contribution in [0.5, 0.6) is 5.75 Å². The van der Waals surface area contributed by atoms with Crippen LogP contribution in [-0.2, 0) is 26.2 Å². The van der Waals surface area contributed by atoms with Gasteiger partial charge in [0.2, 0.25) is 0 Å². The van der Waals surface area contributed by atoms with Crippen molar-refractivity contribution in [3.05, 3.63) is 41.5 Å². The van der Waals surface area contributed by atoms with Crippen molar-refractivity contribution in [2.45, 2.75) is 78.1 Å². The highest BCUT2D eigenvalue weighted by atomic mass is 16.5. The molecule has 0 aliphatic rings. The Hall–Kier alpha value is -2.30. The first-order valence-electron chi connectivity index (χ1n) is 10.5. The third kappa shape index (κ3) is 9.64. The Morgan fingerprint density at radius 3 is 2.34 bits per heavy atom. The van der Waals surface area contributed by atoms with Crippen molar-refractivity contribution in [3.63, 3.8) is 0 Å². The zero-order valence-electron chi connectivity index (χ0n) is 18.4. The molecule has 0 saturated carbocycles. The molecule has 29 heavy (non-hydrogen) atoms. The van der Waals surface area contributed by atoms with E-state index in [1.54, 1.807) is 6.92 Å². The summed E-state index contributed by atoms with van der Waals surface area (Å²) in [6, 6.07) is 6.30. The molecule has 1 aromatic rings. The number of ether oxygens (including phenoxy) is 2. The molecule has 0 bridgehead atoms. The fourth-order valence-corrected chi connectivity index (χ4v) is 3.05. The highest BCUT2D eigenvalue weighted by Crippen LogP contribution is 2.33. The van der Waals surface area contributed by atoms with Gasteiger partial charge >= 0.3 is 11.9 Å². The van der Waals surface area contributed by atoms with E-state index in [2.05, 4.69) is 45.5 Å². The lowest BCUT2D eigenvalue weighted by Gasteiger charge is -2.23. The van der Waals surface area contributed by atoms with Crippen molar-refractivity contribution in [2.24, 2.45) is 0 Å². The largest absolute Gasteiger partial charge is 0.488 e. The second kappa shape index (κ2) is 12.3. The van der Waals surface area contributed by atoms with E-state index in [0.29, 0.717) is 12.2 Å². The van der Waals surface area contributed by atoms with Crippen LogP contribution in [0.15, 0.2) is 30.4 Å². The lowest BCUT2D eigenvalue weighted by molar-refractivity contribution is -0.139. The molecule has 0 fully saturated rings. The summed E-state index contributed by atoms with van der Waals surface area (Å²) in [5, 5.41) is 8.66. The summed E-state index contributed by atoms with van der Waals surface area (Å²) in [5.41, 5.74) is 2.51. The van der Waals surface area contributed by atoms with Crippen LogP contribution in [0, 0.1) is 0 Å². The summed E-state index contributed by atoms with van der Waals surface area (Å²) < 4.78 is 10.9. The minimum absolute atomic E-state index is 0.0801. The molecule has 0 saturated heterocycles. The number of benzene rings is 1. The summed E-state index contributed by atoms with van der Waals surface area (Å²) >= 11 is 0. The summed E-state index contributed by atoms with van der Waals surface area (Å²) in [7, 11) is 0. The van der Waals surface area contributed by atoms with Crippen LogP contribution in [0.2, 0.25) is 0 Å². The number of carbonyl (C=O) groups excluding carboxylic acids is 1. The highest BCUT2D eigenvalue weighted by molar-refractivity contribution is 5.88. The summed E-state index contributed by atoms with van der Waals surface area (Å²) in [5.74, 6) is -0.368. The molecular formula is C24H36O5. The van der Waals surface area contributed by atoms with Crippen molar-refractivity contribution in [3.8, 4) is 5.75 Å². The normalized spacial score (nSPS) is 11.2. The maximum Gasteiger partial charge on any atom is 0.336 e. The number of aryl methyl sites for hydroxylation is 1. The summed E-state index contributed by atoms with van der Waals surface area (Å²) in [6.07, 6.45) is 6.09. The molecule has 5 heteroatoms. The minimum atomic E-state index is -0.720. The molecule has 5 nitrogen and oxygen atoms in total. The van der Waals surface area contributed by atoms with Crippen LogP contribution < -0.4 is 4.74 Å². The van der Waals surface area contributed by atoms with Gasteiger partial charge in [0.05, 0.1) is 12.2 Å². The molecule has 0 atom stereocenters. The van der Waals surface area contributed by atoms with Gasteiger partial charge in [0.15, 0.2) is 0 Å². The highest BCUT2D eigenvalue weighted by Gasteiger charge is 2.20. The molecule has 1 rings (SSSR count). The van der Waals surface area contributed by atoms with E-state index in [1.165, 1.54) is 5.56 Å². The number of carbonyl (C=O) groups is 2. The third-order valence-corrected chi connectivity index (χ3v) is 4.68. The molecule has 0 aliphatic carbocycles. The van der Waals surface area contributed by atoms with E-state index in [0.717, 1.165) is 49.8 Å². The van der Waals surface area contributed by atoms with E-state index in [9.17, 15) is 9.59 Å². The van der Waals surface area contributed by atoms with E-state index < -0.39 is 11.9 Å². The van der Waals surface area contributed by atoms with Gasteiger partial charge in [0.1, 0.15) is 12.4 Å². The number of aliphatic carboxylic acids is 1. The molecule has 0 unspecified atom stereocenters. The first-order valence-corrected chi connectivity index (χ1v) is 10.5. The van der Waals surface area contributed by atoms with E-state index >= 15 is 0 Å². The number of esters is 1. The molecule has 0 heterocycles. The first kappa shape index (κ1) is 24.7.